The van der Waals surface area contributed by atoms with Crippen molar-refractivity contribution in [1.82, 2.24) is 5.43 Å². The summed E-state index contributed by atoms with van der Waals surface area (Å²) >= 11 is 11.9. The highest BCUT2D eigenvalue weighted by molar-refractivity contribution is 6.36. The van der Waals surface area contributed by atoms with Gasteiger partial charge in [0.15, 0.2) is 0 Å². The van der Waals surface area contributed by atoms with Gasteiger partial charge in [0.1, 0.15) is 5.84 Å². The van der Waals surface area contributed by atoms with Crippen molar-refractivity contribution in [2.24, 2.45) is 10.8 Å². The Morgan fingerprint density at radius 2 is 2.13 bits per heavy atom. The second-order valence-corrected chi connectivity index (χ2v) is 4.32. The van der Waals surface area contributed by atoms with Gasteiger partial charge in [0.2, 0.25) is 0 Å². The molecule has 0 heterocycles. The maximum absolute atomic E-state index is 6.05. The first-order valence-corrected chi connectivity index (χ1v) is 5.46. The van der Waals surface area contributed by atoms with Crippen LogP contribution in [0.2, 0.25) is 10.0 Å². The normalized spacial score (nSPS) is 16.6. The summed E-state index contributed by atoms with van der Waals surface area (Å²) in [5, 5.41) is 1.16. The molecular formula is C10H11Cl2N3. The van der Waals surface area contributed by atoms with E-state index in [-0.39, 0.29) is 0 Å². The van der Waals surface area contributed by atoms with Crippen LogP contribution >= 0.6 is 23.2 Å². The van der Waals surface area contributed by atoms with E-state index in [1.165, 1.54) is 0 Å². The molecule has 1 saturated carbocycles. The van der Waals surface area contributed by atoms with Gasteiger partial charge in [0.05, 0.1) is 11.1 Å². The van der Waals surface area contributed by atoms with Crippen LogP contribution in [0, 0.1) is 0 Å². The van der Waals surface area contributed by atoms with Crippen LogP contribution < -0.4 is 11.3 Å². The number of hydrogen-bond donors (Lipinski definition) is 2. The van der Waals surface area contributed by atoms with Crippen LogP contribution in [0.3, 0.4) is 0 Å². The number of hydrogen-bond acceptors (Lipinski definition) is 2. The first kappa shape index (κ1) is 10.7. The molecule has 15 heavy (non-hydrogen) atoms. The second kappa shape index (κ2) is 4.39. The van der Waals surface area contributed by atoms with Crippen molar-refractivity contribution in [1.29, 1.82) is 0 Å². The minimum atomic E-state index is 0.391. The van der Waals surface area contributed by atoms with Crippen LogP contribution in [0.1, 0.15) is 18.4 Å². The third kappa shape index (κ3) is 2.62. The highest BCUT2D eigenvalue weighted by atomic mass is 35.5. The van der Waals surface area contributed by atoms with Crippen molar-refractivity contribution in [3.8, 4) is 0 Å². The van der Waals surface area contributed by atoms with Crippen molar-refractivity contribution in [3.05, 3.63) is 33.8 Å². The smallest absolute Gasteiger partial charge is 0.144 e. The summed E-state index contributed by atoms with van der Waals surface area (Å²) in [6, 6.07) is 5.65. The Labute approximate surface area is 98.2 Å². The Morgan fingerprint density at radius 3 is 2.67 bits per heavy atom. The predicted molar refractivity (Wildman–Crippen MR) is 63.3 cm³/mol. The molecule has 0 saturated heterocycles. The molecule has 1 aromatic rings. The molecule has 0 bridgehead atoms. The third-order valence-electron chi connectivity index (χ3n) is 2.18. The predicted octanol–water partition coefficient (Wildman–Crippen LogP) is 2.37. The quantitative estimate of drug-likeness (QED) is 0.363. The third-order valence-corrected chi connectivity index (χ3v) is 2.73. The fourth-order valence-electron chi connectivity index (χ4n) is 1.25. The van der Waals surface area contributed by atoms with E-state index in [2.05, 4.69) is 10.4 Å². The number of nitrogens with two attached hydrogens (primary N) is 1. The monoisotopic (exact) mass is 243 g/mol. The van der Waals surface area contributed by atoms with Gasteiger partial charge >= 0.3 is 0 Å². The molecule has 0 unspecified atom stereocenters. The molecule has 0 amide bonds. The zero-order valence-electron chi connectivity index (χ0n) is 8.00. The van der Waals surface area contributed by atoms with Crippen LogP contribution in [-0.2, 0) is 0 Å². The van der Waals surface area contributed by atoms with Crippen molar-refractivity contribution >= 4 is 29.0 Å². The lowest BCUT2D eigenvalue weighted by molar-refractivity contribution is 0.971. The van der Waals surface area contributed by atoms with Gasteiger partial charge in [-0.3, -0.25) is 4.99 Å². The van der Waals surface area contributed by atoms with E-state index in [4.69, 9.17) is 29.0 Å². The fraction of sp³-hybridized carbons (Fsp3) is 0.300. The van der Waals surface area contributed by atoms with E-state index >= 15 is 0 Å². The maximum atomic E-state index is 6.05. The SMILES string of the molecule is NNC(=NC1CC1)c1ccc(Cl)cc1Cl. The summed E-state index contributed by atoms with van der Waals surface area (Å²) < 4.78 is 0. The summed E-state index contributed by atoms with van der Waals surface area (Å²) in [6.07, 6.45) is 2.24. The summed E-state index contributed by atoms with van der Waals surface area (Å²) in [4.78, 5) is 4.42. The first-order chi connectivity index (χ1) is 7.20. The van der Waals surface area contributed by atoms with Gasteiger partial charge in [-0.15, -0.1) is 0 Å². The van der Waals surface area contributed by atoms with E-state index in [9.17, 15) is 0 Å². The fourth-order valence-corrected chi connectivity index (χ4v) is 1.75. The number of hydrazine groups is 1. The molecule has 0 aliphatic heterocycles. The molecule has 5 heteroatoms. The van der Waals surface area contributed by atoms with E-state index < -0.39 is 0 Å². The van der Waals surface area contributed by atoms with Crippen LogP contribution in [0.4, 0.5) is 0 Å². The second-order valence-electron chi connectivity index (χ2n) is 3.48. The van der Waals surface area contributed by atoms with E-state index in [0.717, 1.165) is 18.4 Å². The lowest BCUT2D eigenvalue weighted by Gasteiger charge is -2.07. The van der Waals surface area contributed by atoms with Gasteiger partial charge in [-0.05, 0) is 31.0 Å². The lowest BCUT2D eigenvalue weighted by atomic mass is 10.2. The van der Waals surface area contributed by atoms with Crippen molar-refractivity contribution in [2.45, 2.75) is 18.9 Å². The van der Waals surface area contributed by atoms with Crippen LogP contribution in [0.5, 0.6) is 0 Å². The molecule has 0 spiro atoms. The maximum Gasteiger partial charge on any atom is 0.144 e. The molecule has 1 aromatic carbocycles. The summed E-state index contributed by atoms with van der Waals surface area (Å²) in [5.41, 5.74) is 3.36. The van der Waals surface area contributed by atoms with E-state index in [1.807, 2.05) is 6.07 Å². The van der Waals surface area contributed by atoms with Gasteiger partial charge in [-0.2, -0.15) is 0 Å². The Morgan fingerprint density at radius 1 is 1.40 bits per heavy atom. The largest absolute Gasteiger partial charge is 0.308 e. The molecule has 0 atom stereocenters. The highest BCUT2D eigenvalue weighted by Gasteiger charge is 2.21. The number of nitrogens with one attached hydrogen (secondary N) is 1. The number of nitrogens with zero attached hydrogens (tertiary/aromatic N) is 1. The number of benzene rings is 1. The Balaban J connectivity index is 2.33. The molecule has 2 rings (SSSR count). The van der Waals surface area contributed by atoms with Crippen molar-refractivity contribution in [2.75, 3.05) is 0 Å². The first-order valence-electron chi connectivity index (χ1n) is 4.70. The highest BCUT2D eigenvalue weighted by Crippen LogP contribution is 2.26. The zero-order valence-corrected chi connectivity index (χ0v) is 9.52. The van der Waals surface area contributed by atoms with Gasteiger partial charge in [-0.1, -0.05) is 23.2 Å². The Bertz CT molecular complexity index is 400. The van der Waals surface area contributed by atoms with E-state index in [0.29, 0.717) is 21.9 Å². The summed E-state index contributed by atoms with van der Waals surface area (Å²) in [6.45, 7) is 0. The van der Waals surface area contributed by atoms with Gasteiger partial charge in [0, 0.05) is 10.6 Å². The molecule has 1 fully saturated rings. The standard InChI is InChI=1S/C10H11Cl2N3/c11-6-1-4-8(9(12)5-6)10(15-13)14-7-2-3-7/h1,4-5,7H,2-3,13H2,(H,14,15). The number of halogens is 2. The van der Waals surface area contributed by atoms with Crippen LogP contribution in [0.15, 0.2) is 23.2 Å². The number of amidine groups is 1. The average Bonchev–Trinajstić information content (AvgIpc) is 2.99. The zero-order chi connectivity index (χ0) is 10.8. The summed E-state index contributed by atoms with van der Waals surface area (Å²) in [5.74, 6) is 6.04. The number of rotatable bonds is 2. The van der Waals surface area contributed by atoms with Gasteiger partial charge < -0.3 is 5.43 Å². The molecule has 0 aromatic heterocycles. The van der Waals surface area contributed by atoms with Crippen LogP contribution in [-0.4, -0.2) is 11.9 Å². The van der Waals surface area contributed by atoms with Crippen molar-refractivity contribution < 1.29 is 0 Å². The average molecular weight is 244 g/mol. The molecule has 3 N–H and O–H groups in total. The topological polar surface area (TPSA) is 50.4 Å². The molecule has 3 nitrogen and oxygen atoms in total. The van der Waals surface area contributed by atoms with Crippen LogP contribution in [0.25, 0.3) is 0 Å². The minimum Gasteiger partial charge on any atom is -0.308 e. The minimum absolute atomic E-state index is 0.391. The van der Waals surface area contributed by atoms with Gasteiger partial charge in [-0.25, -0.2) is 5.84 Å². The molecular weight excluding hydrogens is 233 g/mol. The Kier molecular flexibility index (Phi) is 3.14. The summed E-state index contributed by atoms with van der Waals surface area (Å²) in [7, 11) is 0. The molecule has 80 valence electrons. The van der Waals surface area contributed by atoms with Crippen molar-refractivity contribution in [3.63, 3.8) is 0 Å². The number of aliphatic imine (C=N–C) groups is 1. The molecule has 0 radical (unpaired) electrons. The van der Waals surface area contributed by atoms with Gasteiger partial charge in [0.25, 0.3) is 0 Å². The Hall–Kier alpha value is -0.770. The molecule has 1 aliphatic carbocycles. The molecule has 1 aliphatic rings. The lowest BCUT2D eigenvalue weighted by Crippen LogP contribution is -2.31. The van der Waals surface area contributed by atoms with E-state index in [1.54, 1.807) is 12.1 Å².